The van der Waals surface area contributed by atoms with Gasteiger partial charge in [-0.25, -0.2) is 0 Å². The van der Waals surface area contributed by atoms with E-state index in [0.29, 0.717) is 23.7 Å². The Morgan fingerprint density at radius 1 is 0.571 bits per heavy atom. The van der Waals surface area contributed by atoms with Crippen molar-refractivity contribution in [2.24, 2.45) is 35.5 Å². The van der Waals surface area contributed by atoms with E-state index in [1.807, 2.05) is 0 Å². The lowest BCUT2D eigenvalue weighted by molar-refractivity contribution is -0.0256. The van der Waals surface area contributed by atoms with E-state index in [0.717, 1.165) is 11.8 Å². The van der Waals surface area contributed by atoms with Gasteiger partial charge >= 0.3 is 0 Å². The summed E-state index contributed by atoms with van der Waals surface area (Å²) in [5.74, 6) is 4.30. The Labute approximate surface area is 94.0 Å². The van der Waals surface area contributed by atoms with Gasteiger partial charge in [0, 0.05) is 0 Å². The highest BCUT2D eigenvalue weighted by Crippen LogP contribution is 2.64. The summed E-state index contributed by atoms with van der Waals surface area (Å²) < 4.78 is 0. The Morgan fingerprint density at radius 3 is 1.29 bits per heavy atom. The zero-order chi connectivity index (χ0) is 9.45. The van der Waals surface area contributed by atoms with Crippen LogP contribution in [0.2, 0.25) is 0 Å². The molecule has 5 aliphatic carbocycles. The largest absolute Gasteiger partial charge is 0.121 e. The molecule has 2 fully saturated rings. The second-order valence-electron chi connectivity index (χ2n) is 5.12. The van der Waals surface area contributed by atoms with E-state index in [4.69, 9.17) is 23.2 Å². The molecule has 0 amide bonds. The van der Waals surface area contributed by atoms with E-state index in [1.54, 1.807) is 0 Å². The minimum atomic E-state index is 0.217. The maximum absolute atomic E-state index is 6.31. The number of hydrogen-bond donors (Lipinski definition) is 0. The third-order valence-electron chi connectivity index (χ3n) is 4.82. The second-order valence-corrected chi connectivity index (χ2v) is 6.13. The average molecular weight is 227 g/mol. The maximum Gasteiger partial charge on any atom is 0.0540 e. The van der Waals surface area contributed by atoms with Gasteiger partial charge in [0.25, 0.3) is 0 Å². The van der Waals surface area contributed by atoms with Crippen LogP contribution in [0.4, 0.5) is 0 Å². The third kappa shape index (κ3) is 0.695. The van der Waals surface area contributed by atoms with Gasteiger partial charge in [-0.15, -0.1) is 23.2 Å². The molecular formula is C12H12Cl2. The van der Waals surface area contributed by atoms with Gasteiger partial charge in [0.2, 0.25) is 0 Å². The van der Waals surface area contributed by atoms with Crippen LogP contribution in [0.1, 0.15) is 0 Å². The highest BCUT2D eigenvalue weighted by atomic mass is 35.5. The minimum Gasteiger partial charge on any atom is -0.121 e. The molecule has 8 atom stereocenters. The first-order valence-electron chi connectivity index (χ1n) is 5.44. The molecule has 0 N–H and O–H groups in total. The summed E-state index contributed by atoms with van der Waals surface area (Å²) in [5.41, 5.74) is 0. The number of allylic oxidation sites excluding steroid dienone is 4. The van der Waals surface area contributed by atoms with Crippen LogP contribution in [-0.2, 0) is 0 Å². The van der Waals surface area contributed by atoms with Gasteiger partial charge in [0.05, 0.1) is 10.8 Å². The van der Waals surface area contributed by atoms with Crippen LogP contribution in [0.15, 0.2) is 24.3 Å². The zero-order valence-corrected chi connectivity index (χ0v) is 9.20. The van der Waals surface area contributed by atoms with E-state index in [-0.39, 0.29) is 10.8 Å². The van der Waals surface area contributed by atoms with Crippen molar-refractivity contribution in [3.8, 4) is 0 Å². The number of hydrogen-bond acceptors (Lipinski definition) is 0. The van der Waals surface area contributed by atoms with Gasteiger partial charge < -0.3 is 0 Å². The maximum atomic E-state index is 6.31. The van der Waals surface area contributed by atoms with Crippen LogP contribution in [0.25, 0.3) is 0 Å². The SMILES string of the molecule is Cl[C@@H]1[C@H](Cl)[C@@H]2[C@H]3C=C[C@@H]([C@@H]4C=C[C@H]43)[C@H]12. The summed E-state index contributed by atoms with van der Waals surface area (Å²) in [5, 5.41) is 0.433. The molecule has 2 heteroatoms. The molecule has 0 radical (unpaired) electrons. The molecule has 0 aromatic carbocycles. The van der Waals surface area contributed by atoms with Gasteiger partial charge in [0.1, 0.15) is 0 Å². The minimum absolute atomic E-state index is 0.217. The average Bonchev–Trinajstić information content (AvgIpc) is 2.15. The van der Waals surface area contributed by atoms with E-state index in [1.165, 1.54) is 0 Å². The molecular weight excluding hydrogens is 215 g/mol. The molecule has 0 heterocycles. The van der Waals surface area contributed by atoms with Crippen molar-refractivity contribution in [3.63, 3.8) is 0 Å². The van der Waals surface area contributed by atoms with Crippen LogP contribution >= 0.6 is 23.2 Å². The lowest BCUT2D eigenvalue weighted by Crippen LogP contribution is -2.64. The highest BCUT2D eigenvalue weighted by Gasteiger charge is 2.63. The topological polar surface area (TPSA) is 0 Å². The van der Waals surface area contributed by atoms with Crippen LogP contribution in [0.5, 0.6) is 0 Å². The van der Waals surface area contributed by atoms with Crippen molar-refractivity contribution < 1.29 is 0 Å². The van der Waals surface area contributed by atoms with Crippen molar-refractivity contribution in [1.29, 1.82) is 0 Å². The van der Waals surface area contributed by atoms with E-state index >= 15 is 0 Å². The number of rotatable bonds is 0. The molecule has 2 bridgehead atoms. The van der Waals surface area contributed by atoms with Crippen LogP contribution < -0.4 is 0 Å². The fourth-order valence-corrected chi connectivity index (χ4v) is 5.07. The molecule has 0 saturated heterocycles. The fourth-order valence-electron chi connectivity index (χ4n) is 4.06. The summed E-state index contributed by atoms with van der Waals surface area (Å²) in [6.07, 6.45) is 9.53. The molecule has 0 spiro atoms. The standard InChI is InChI=1S/C12H12Cl2/c13-11-9-7-3-4-8(10(9)12(11)14)6-2-1-5(6)7/h1-12H/t5-,6-,7+,8+,9-,10+,11-,12+/m1/s1. The first kappa shape index (κ1) is 8.24. The molecule has 0 unspecified atom stereocenters. The Balaban J connectivity index is 1.80. The van der Waals surface area contributed by atoms with E-state index < -0.39 is 0 Å². The van der Waals surface area contributed by atoms with Crippen LogP contribution in [0, 0.1) is 35.5 Å². The molecule has 14 heavy (non-hydrogen) atoms. The predicted octanol–water partition coefficient (Wildman–Crippen LogP) is 3.07. The molecule has 5 rings (SSSR count). The molecule has 0 aromatic heterocycles. The summed E-state index contributed by atoms with van der Waals surface area (Å²) in [4.78, 5) is 0. The highest BCUT2D eigenvalue weighted by molar-refractivity contribution is 6.31. The Morgan fingerprint density at radius 2 is 0.929 bits per heavy atom. The molecule has 0 aliphatic heterocycles. The first-order chi connectivity index (χ1) is 6.79. The summed E-state index contributed by atoms with van der Waals surface area (Å²) in [6, 6.07) is 0. The molecule has 2 saturated carbocycles. The van der Waals surface area contributed by atoms with Gasteiger partial charge in [-0.3, -0.25) is 0 Å². The Hall–Kier alpha value is 0.0600. The second kappa shape index (κ2) is 2.41. The predicted molar refractivity (Wildman–Crippen MR) is 58.5 cm³/mol. The summed E-state index contributed by atoms with van der Waals surface area (Å²) in [6.45, 7) is 0. The van der Waals surface area contributed by atoms with Crippen molar-refractivity contribution in [2.75, 3.05) is 0 Å². The van der Waals surface area contributed by atoms with Crippen molar-refractivity contribution in [3.05, 3.63) is 24.3 Å². The lowest BCUT2D eigenvalue weighted by atomic mass is 9.44. The van der Waals surface area contributed by atoms with Gasteiger partial charge in [-0.1, -0.05) is 24.3 Å². The summed E-state index contributed by atoms with van der Waals surface area (Å²) >= 11 is 12.6. The van der Waals surface area contributed by atoms with Crippen molar-refractivity contribution in [1.82, 2.24) is 0 Å². The molecule has 0 aromatic rings. The van der Waals surface area contributed by atoms with Gasteiger partial charge in [-0.05, 0) is 35.5 Å². The van der Waals surface area contributed by atoms with Crippen molar-refractivity contribution in [2.45, 2.75) is 10.8 Å². The fraction of sp³-hybridized carbons (Fsp3) is 0.667. The Bertz CT molecular complexity index is 314. The summed E-state index contributed by atoms with van der Waals surface area (Å²) in [7, 11) is 0. The normalized spacial score (nSPS) is 66.7. The van der Waals surface area contributed by atoms with Crippen LogP contribution in [-0.4, -0.2) is 10.8 Å². The number of alkyl halides is 2. The molecule has 5 aliphatic rings. The first-order valence-corrected chi connectivity index (χ1v) is 6.31. The van der Waals surface area contributed by atoms with Gasteiger partial charge in [-0.2, -0.15) is 0 Å². The van der Waals surface area contributed by atoms with Crippen molar-refractivity contribution >= 4 is 23.2 Å². The van der Waals surface area contributed by atoms with E-state index in [9.17, 15) is 0 Å². The lowest BCUT2D eigenvalue weighted by Gasteiger charge is -2.64. The quantitative estimate of drug-likeness (QED) is 0.440. The zero-order valence-electron chi connectivity index (χ0n) is 7.68. The third-order valence-corrected chi connectivity index (χ3v) is 6.07. The van der Waals surface area contributed by atoms with E-state index in [2.05, 4.69) is 24.3 Å². The Kier molecular flexibility index (Phi) is 1.42. The van der Waals surface area contributed by atoms with Gasteiger partial charge in [0.15, 0.2) is 0 Å². The smallest absolute Gasteiger partial charge is 0.0540 e. The monoisotopic (exact) mass is 226 g/mol. The number of halogens is 2. The molecule has 74 valence electrons. The molecule has 0 nitrogen and oxygen atoms in total. The van der Waals surface area contributed by atoms with Crippen LogP contribution in [0.3, 0.4) is 0 Å².